The molecule has 148 valence electrons. The van der Waals surface area contributed by atoms with Gasteiger partial charge in [0.25, 0.3) is 0 Å². The van der Waals surface area contributed by atoms with Gasteiger partial charge in [0.05, 0.1) is 12.0 Å². The van der Waals surface area contributed by atoms with Gasteiger partial charge in [-0.25, -0.2) is 4.39 Å². The first-order valence-electron chi connectivity index (χ1n) is 10.0. The Labute approximate surface area is 169 Å². The summed E-state index contributed by atoms with van der Waals surface area (Å²) in [6, 6.07) is 19.3. The van der Waals surface area contributed by atoms with Crippen LogP contribution in [-0.2, 0) is 13.6 Å². The normalized spacial score (nSPS) is 15.3. The van der Waals surface area contributed by atoms with Crippen LogP contribution in [0.25, 0.3) is 22.2 Å². The van der Waals surface area contributed by atoms with Crippen molar-refractivity contribution in [3.05, 3.63) is 78.4 Å². The van der Waals surface area contributed by atoms with Gasteiger partial charge in [-0.05, 0) is 54.1 Å². The van der Waals surface area contributed by atoms with Gasteiger partial charge in [0.2, 0.25) is 0 Å². The lowest BCUT2D eigenvalue weighted by Crippen LogP contribution is -2.46. The fourth-order valence-corrected chi connectivity index (χ4v) is 4.22. The van der Waals surface area contributed by atoms with Gasteiger partial charge < -0.3 is 13.9 Å². The summed E-state index contributed by atoms with van der Waals surface area (Å²) in [5.41, 5.74) is 5.59. The predicted molar refractivity (Wildman–Crippen MR) is 115 cm³/mol. The number of benzene rings is 2. The van der Waals surface area contributed by atoms with E-state index in [-0.39, 0.29) is 5.82 Å². The molecule has 0 atom stereocenters. The molecule has 0 aliphatic carbocycles. The molecule has 4 nitrogen and oxygen atoms in total. The summed E-state index contributed by atoms with van der Waals surface area (Å²) in [5, 5.41) is 1.15. The second-order valence-electron chi connectivity index (χ2n) is 7.66. The van der Waals surface area contributed by atoms with Gasteiger partial charge in [-0.1, -0.05) is 12.1 Å². The maximum atomic E-state index is 13.2. The van der Waals surface area contributed by atoms with Crippen molar-refractivity contribution in [3.8, 4) is 11.3 Å². The summed E-state index contributed by atoms with van der Waals surface area (Å²) in [4.78, 5) is 4.90. The van der Waals surface area contributed by atoms with Crippen LogP contribution < -0.4 is 4.90 Å². The second kappa shape index (κ2) is 7.41. The molecule has 1 saturated heterocycles. The van der Waals surface area contributed by atoms with Gasteiger partial charge in [-0.15, -0.1) is 0 Å². The molecule has 0 unspecified atom stereocenters. The molecule has 0 bridgehead atoms. The van der Waals surface area contributed by atoms with Gasteiger partial charge in [-0.2, -0.15) is 0 Å². The number of halogens is 1. The van der Waals surface area contributed by atoms with E-state index in [0.717, 1.165) is 55.0 Å². The number of para-hydroxylation sites is 1. The first-order chi connectivity index (χ1) is 14.2. The van der Waals surface area contributed by atoms with Crippen LogP contribution in [0.5, 0.6) is 0 Å². The van der Waals surface area contributed by atoms with Crippen molar-refractivity contribution in [1.29, 1.82) is 0 Å². The Kier molecular flexibility index (Phi) is 4.60. The van der Waals surface area contributed by atoms with Crippen LogP contribution in [0.4, 0.5) is 10.1 Å². The summed E-state index contributed by atoms with van der Waals surface area (Å²) < 4.78 is 21.1. The lowest BCUT2D eigenvalue weighted by atomic mass is 10.1. The van der Waals surface area contributed by atoms with E-state index in [1.54, 1.807) is 6.26 Å². The van der Waals surface area contributed by atoms with Crippen molar-refractivity contribution >= 4 is 16.7 Å². The van der Waals surface area contributed by atoms with E-state index in [0.29, 0.717) is 0 Å². The summed E-state index contributed by atoms with van der Waals surface area (Å²) in [5.74, 6) is -0.203. The molecule has 0 saturated carbocycles. The molecule has 0 N–H and O–H groups in total. The lowest BCUT2D eigenvalue weighted by Gasteiger charge is -2.36. The Morgan fingerprint density at radius 2 is 1.69 bits per heavy atom. The highest BCUT2D eigenvalue weighted by Gasteiger charge is 2.20. The van der Waals surface area contributed by atoms with E-state index in [9.17, 15) is 4.39 Å². The average Bonchev–Trinajstić information content (AvgIpc) is 3.36. The topological polar surface area (TPSA) is 24.6 Å². The van der Waals surface area contributed by atoms with E-state index in [4.69, 9.17) is 4.42 Å². The Bertz CT molecular complexity index is 1120. The highest BCUT2D eigenvalue weighted by Crippen LogP contribution is 2.29. The Morgan fingerprint density at radius 3 is 2.48 bits per heavy atom. The molecule has 2 aromatic heterocycles. The molecule has 4 aromatic rings. The molecule has 3 heterocycles. The fourth-order valence-electron chi connectivity index (χ4n) is 4.22. The molecule has 1 aliphatic heterocycles. The number of anilines is 1. The van der Waals surface area contributed by atoms with Gasteiger partial charge in [-0.3, -0.25) is 4.90 Å². The average molecular weight is 389 g/mol. The molecular formula is C24H24FN3O. The minimum absolute atomic E-state index is 0.203. The van der Waals surface area contributed by atoms with E-state index in [1.807, 2.05) is 18.2 Å². The number of aromatic nitrogens is 1. The van der Waals surface area contributed by atoms with E-state index >= 15 is 0 Å². The molecule has 2 aromatic carbocycles. The molecular weight excluding hydrogens is 365 g/mol. The second-order valence-corrected chi connectivity index (χ2v) is 7.66. The summed E-state index contributed by atoms with van der Waals surface area (Å²) in [6.45, 7) is 4.89. The standard InChI is InChI=1S/C24H24FN3O/c1-26-21(9-10-22(26)18-5-7-20(25)8-6-18)17-27-12-14-28(15-13-27)23-4-2-3-19-11-16-29-24(19)23/h2-11,16H,12-15,17H2,1H3. The molecule has 1 fully saturated rings. The number of furan rings is 1. The minimum atomic E-state index is -0.203. The fraction of sp³-hybridized carbons (Fsp3) is 0.250. The van der Waals surface area contributed by atoms with Crippen LogP contribution >= 0.6 is 0 Å². The monoisotopic (exact) mass is 389 g/mol. The SMILES string of the molecule is Cn1c(CN2CCN(c3cccc4ccoc34)CC2)ccc1-c1ccc(F)cc1. The van der Waals surface area contributed by atoms with Crippen LogP contribution in [0.3, 0.4) is 0 Å². The molecule has 0 spiro atoms. The van der Waals surface area contributed by atoms with Gasteiger partial charge in [0.15, 0.2) is 5.58 Å². The maximum Gasteiger partial charge on any atom is 0.157 e. The number of nitrogens with zero attached hydrogens (tertiary/aromatic N) is 3. The van der Waals surface area contributed by atoms with Crippen LogP contribution in [-0.4, -0.2) is 35.6 Å². The quantitative estimate of drug-likeness (QED) is 0.496. The van der Waals surface area contributed by atoms with Crippen LogP contribution in [0, 0.1) is 5.82 Å². The van der Waals surface area contributed by atoms with Crippen molar-refractivity contribution < 1.29 is 8.81 Å². The predicted octanol–water partition coefficient (Wildman–Crippen LogP) is 4.90. The van der Waals surface area contributed by atoms with Crippen molar-refractivity contribution in [2.24, 2.45) is 7.05 Å². The third-order valence-corrected chi connectivity index (χ3v) is 5.92. The lowest BCUT2D eigenvalue weighted by molar-refractivity contribution is 0.245. The number of hydrogen-bond donors (Lipinski definition) is 0. The highest BCUT2D eigenvalue weighted by atomic mass is 19.1. The summed E-state index contributed by atoms with van der Waals surface area (Å²) in [7, 11) is 2.09. The number of rotatable bonds is 4. The number of hydrogen-bond acceptors (Lipinski definition) is 3. The Hall–Kier alpha value is -3.05. The Balaban J connectivity index is 1.27. The molecule has 29 heavy (non-hydrogen) atoms. The van der Waals surface area contributed by atoms with Crippen LogP contribution in [0.1, 0.15) is 5.69 Å². The van der Waals surface area contributed by atoms with Gasteiger partial charge >= 0.3 is 0 Å². The summed E-state index contributed by atoms with van der Waals surface area (Å²) in [6.07, 6.45) is 1.76. The zero-order valence-corrected chi connectivity index (χ0v) is 16.5. The third-order valence-electron chi connectivity index (χ3n) is 5.92. The van der Waals surface area contributed by atoms with Gasteiger partial charge in [0.1, 0.15) is 5.82 Å². The smallest absolute Gasteiger partial charge is 0.157 e. The van der Waals surface area contributed by atoms with Gasteiger partial charge in [0, 0.05) is 56.5 Å². The molecule has 5 heteroatoms. The van der Waals surface area contributed by atoms with Crippen molar-refractivity contribution in [2.75, 3.05) is 31.1 Å². The minimum Gasteiger partial charge on any atom is -0.462 e. The number of piperazine rings is 1. The van der Waals surface area contributed by atoms with Crippen molar-refractivity contribution in [2.45, 2.75) is 6.54 Å². The highest BCUT2D eigenvalue weighted by molar-refractivity contribution is 5.89. The van der Waals surface area contributed by atoms with Crippen LogP contribution in [0.15, 0.2) is 71.3 Å². The van der Waals surface area contributed by atoms with Crippen molar-refractivity contribution in [1.82, 2.24) is 9.47 Å². The largest absolute Gasteiger partial charge is 0.462 e. The molecule has 0 radical (unpaired) electrons. The van der Waals surface area contributed by atoms with E-state index in [2.05, 4.69) is 51.7 Å². The molecule has 5 rings (SSSR count). The van der Waals surface area contributed by atoms with E-state index < -0.39 is 0 Å². The third kappa shape index (κ3) is 3.42. The first-order valence-corrected chi connectivity index (χ1v) is 10.0. The van der Waals surface area contributed by atoms with Crippen molar-refractivity contribution in [3.63, 3.8) is 0 Å². The number of fused-ring (bicyclic) bond motifs is 1. The zero-order valence-electron chi connectivity index (χ0n) is 16.5. The van der Waals surface area contributed by atoms with E-state index in [1.165, 1.54) is 23.5 Å². The Morgan fingerprint density at radius 1 is 0.897 bits per heavy atom. The maximum absolute atomic E-state index is 13.2. The first kappa shape index (κ1) is 18.0. The molecule has 1 aliphatic rings. The zero-order chi connectivity index (χ0) is 19.8. The summed E-state index contributed by atoms with van der Waals surface area (Å²) >= 11 is 0. The molecule has 0 amide bonds. The van der Waals surface area contributed by atoms with Crippen LogP contribution in [0.2, 0.25) is 0 Å².